The van der Waals surface area contributed by atoms with Crippen LogP contribution in [0.3, 0.4) is 0 Å². The van der Waals surface area contributed by atoms with Crippen molar-refractivity contribution in [2.45, 2.75) is 38.6 Å². The van der Waals surface area contributed by atoms with Crippen LogP contribution in [0.15, 0.2) is 35.6 Å². The maximum Gasteiger partial charge on any atom is 0.0328 e. The lowest BCUT2D eigenvalue weighted by atomic mass is 9.70. The molecule has 3 atom stereocenters. The molecule has 0 aromatic heterocycles. The molecular formula is C19H30N2S. The summed E-state index contributed by atoms with van der Waals surface area (Å²) in [6.45, 7) is 5.84. The van der Waals surface area contributed by atoms with Crippen molar-refractivity contribution in [1.82, 2.24) is 10.2 Å². The predicted octanol–water partition coefficient (Wildman–Crippen LogP) is 3.83. The summed E-state index contributed by atoms with van der Waals surface area (Å²) < 4.78 is 0. The van der Waals surface area contributed by atoms with Gasteiger partial charge >= 0.3 is 0 Å². The van der Waals surface area contributed by atoms with E-state index in [1.54, 1.807) is 11.1 Å². The molecule has 3 rings (SSSR count). The van der Waals surface area contributed by atoms with Crippen LogP contribution < -0.4 is 5.32 Å². The zero-order valence-electron chi connectivity index (χ0n) is 14.1. The van der Waals surface area contributed by atoms with Crippen molar-refractivity contribution >= 4 is 11.8 Å². The smallest absolute Gasteiger partial charge is 0.0328 e. The van der Waals surface area contributed by atoms with Gasteiger partial charge < -0.3 is 5.32 Å². The molecule has 1 aliphatic carbocycles. The standard InChI is InChI=1S/C19H30N2S/c1-3-8-21-13-16(14-22-2)10-18-17-6-4-5-7-20-12-15(9-17)11-19(18)21/h4-6,12,16,18-20H,3,7-11,13-14H2,1-2H3/b5-4-,15-12+,17-6+. The second-order valence-corrected chi connectivity index (χ2v) is 7.90. The lowest BCUT2D eigenvalue weighted by molar-refractivity contribution is 0.0694. The third-order valence-electron chi connectivity index (χ3n) is 5.29. The monoisotopic (exact) mass is 318 g/mol. The van der Waals surface area contributed by atoms with Crippen LogP contribution in [-0.2, 0) is 0 Å². The molecular weight excluding hydrogens is 288 g/mol. The zero-order chi connectivity index (χ0) is 15.4. The van der Waals surface area contributed by atoms with Crippen LogP contribution in [0.1, 0.15) is 32.6 Å². The fourth-order valence-electron chi connectivity index (χ4n) is 4.44. The van der Waals surface area contributed by atoms with E-state index >= 15 is 0 Å². The van der Waals surface area contributed by atoms with Crippen LogP contribution in [0.25, 0.3) is 0 Å². The first-order valence-electron chi connectivity index (χ1n) is 8.81. The first kappa shape index (κ1) is 16.2. The van der Waals surface area contributed by atoms with Gasteiger partial charge in [0.05, 0.1) is 0 Å². The zero-order valence-corrected chi connectivity index (χ0v) is 14.9. The number of hydrogen-bond donors (Lipinski definition) is 1. The Kier molecular flexibility index (Phi) is 5.70. The Balaban J connectivity index is 1.87. The van der Waals surface area contributed by atoms with Crippen molar-refractivity contribution in [3.05, 3.63) is 35.6 Å². The summed E-state index contributed by atoms with van der Waals surface area (Å²) in [6, 6.07) is 0.734. The van der Waals surface area contributed by atoms with Gasteiger partial charge in [-0.15, -0.1) is 0 Å². The Morgan fingerprint density at radius 1 is 1.41 bits per heavy atom. The van der Waals surface area contributed by atoms with Gasteiger partial charge in [0.15, 0.2) is 0 Å². The van der Waals surface area contributed by atoms with Gasteiger partial charge in [-0.2, -0.15) is 11.8 Å². The third kappa shape index (κ3) is 3.62. The Hall–Kier alpha value is -0.670. The number of nitrogens with one attached hydrogen (secondary N) is 1. The van der Waals surface area contributed by atoms with Gasteiger partial charge in [-0.25, -0.2) is 0 Å². The summed E-state index contributed by atoms with van der Waals surface area (Å²) in [4.78, 5) is 2.80. The van der Waals surface area contributed by atoms with Crippen molar-refractivity contribution in [3.63, 3.8) is 0 Å². The van der Waals surface area contributed by atoms with Crippen LogP contribution >= 0.6 is 11.8 Å². The topological polar surface area (TPSA) is 15.3 Å². The quantitative estimate of drug-likeness (QED) is 0.848. The van der Waals surface area contributed by atoms with Crippen LogP contribution in [0.5, 0.6) is 0 Å². The van der Waals surface area contributed by atoms with Crippen molar-refractivity contribution < 1.29 is 0 Å². The molecule has 2 bridgehead atoms. The number of nitrogens with zero attached hydrogens (tertiary/aromatic N) is 1. The molecule has 122 valence electrons. The summed E-state index contributed by atoms with van der Waals surface area (Å²) in [5.41, 5.74) is 3.27. The lowest BCUT2D eigenvalue weighted by Crippen LogP contribution is -2.51. The maximum absolute atomic E-state index is 3.45. The molecule has 22 heavy (non-hydrogen) atoms. The molecule has 0 aromatic carbocycles. The molecule has 2 fully saturated rings. The van der Waals surface area contributed by atoms with E-state index in [2.05, 4.69) is 47.8 Å². The summed E-state index contributed by atoms with van der Waals surface area (Å²) >= 11 is 2.02. The Morgan fingerprint density at radius 3 is 3.14 bits per heavy atom. The molecule has 2 nitrogen and oxygen atoms in total. The van der Waals surface area contributed by atoms with Gasteiger partial charge in [-0.1, -0.05) is 30.7 Å². The van der Waals surface area contributed by atoms with E-state index in [1.807, 2.05) is 11.8 Å². The van der Waals surface area contributed by atoms with E-state index in [0.29, 0.717) is 0 Å². The Morgan fingerprint density at radius 2 is 2.32 bits per heavy atom. The highest BCUT2D eigenvalue weighted by atomic mass is 32.2. The fourth-order valence-corrected chi connectivity index (χ4v) is 5.15. The molecule has 0 aromatic rings. The van der Waals surface area contributed by atoms with Crippen molar-refractivity contribution in [2.75, 3.05) is 31.6 Å². The highest BCUT2D eigenvalue weighted by Crippen LogP contribution is 2.43. The summed E-state index contributed by atoms with van der Waals surface area (Å²) in [7, 11) is 0. The molecule has 3 heteroatoms. The summed E-state index contributed by atoms with van der Waals surface area (Å²) in [5.74, 6) is 2.96. The summed E-state index contributed by atoms with van der Waals surface area (Å²) in [5, 5.41) is 3.45. The molecule has 2 aliphatic heterocycles. The molecule has 1 saturated heterocycles. The second kappa shape index (κ2) is 7.74. The fraction of sp³-hybridized carbons (Fsp3) is 0.684. The maximum atomic E-state index is 3.45. The second-order valence-electron chi connectivity index (χ2n) is 6.99. The Bertz CT molecular complexity index is 466. The van der Waals surface area contributed by atoms with Gasteiger partial charge in [0.1, 0.15) is 0 Å². The summed E-state index contributed by atoms with van der Waals surface area (Å²) in [6.07, 6.45) is 16.6. The number of piperidine rings is 1. The average molecular weight is 319 g/mol. The van der Waals surface area contributed by atoms with Crippen molar-refractivity contribution in [2.24, 2.45) is 11.8 Å². The molecule has 1 N–H and O–H groups in total. The van der Waals surface area contributed by atoms with Crippen LogP contribution in [0, 0.1) is 11.8 Å². The van der Waals surface area contributed by atoms with Gasteiger partial charge in [0, 0.05) is 19.1 Å². The molecule has 1 saturated carbocycles. The molecule has 0 spiro atoms. The third-order valence-corrected chi connectivity index (χ3v) is 6.10. The van der Waals surface area contributed by atoms with Crippen LogP contribution in [0.4, 0.5) is 0 Å². The van der Waals surface area contributed by atoms with E-state index in [9.17, 15) is 0 Å². The SMILES string of the molecule is CCCN1CC(CSC)CC2/C3=C/C=C\CN/C=C(\C3)CC21. The number of fused-ring (bicyclic) bond motifs is 4. The van der Waals surface area contributed by atoms with Gasteiger partial charge in [0.2, 0.25) is 0 Å². The highest BCUT2D eigenvalue weighted by Gasteiger charge is 2.40. The normalized spacial score (nSPS) is 38.2. The largest absolute Gasteiger partial charge is 0.387 e. The van der Waals surface area contributed by atoms with Gasteiger partial charge in [-0.05, 0) is 67.8 Å². The number of likely N-dealkylation sites (tertiary alicyclic amines) is 1. The minimum atomic E-state index is 0.734. The van der Waals surface area contributed by atoms with Crippen LogP contribution in [0.2, 0.25) is 0 Å². The molecule has 0 radical (unpaired) electrons. The van der Waals surface area contributed by atoms with E-state index in [-0.39, 0.29) is 0 Å². The first-order valence-corrected chi connectivity index (χ1v) is 10.2. The van der Waals surface area contributed by atoms with Gasteiger partial charge in [0.25, 0.3) is 0 Å². The number of thioether (sulfide) groups is 1. The molecule has 2 heterocycles. The Labute approximate surface area is 140 Å². The molecule has 3 unspecified atom stereocenters. The van der Waals surface area contributed by atoms with E-state index in [0.717, 1.165) is 24.4 Å². The van der Waals surface area contributed by atoms with Crippen molar-refractivity contribution in [3.8, 4) is 0 Å². The number of allylic oxidation sites excluding steroid dienone is 2. The lowest BCUT2D eigenvalue weighted by Gasteiger charge is -2.49. The minimum absolute atomic E-state index is 0.734. The molecule has 0 amide bonds. The molecule has 3 aliphatic rings. The van der Waals surface area contributed by atoms with Crippen molar-refractivity contribution in [1.29, 1.82) is 0 Å². The minimum Gasteiger partial charge on any atom is -0.387 e. The number of hydrogen-bond acceptors (Lipinski definition) is 3. The first-order chi connectivity index (χ1) is 10.8. The van der Waals surface area contributed by atoms with E-state index in [1.165, 1.54) is 44.5 Å². The van der Waals surface area contributed by atoms with Crippen LogP contribution in [-0.4, -0.2) is 42.6 Å². The highest BCUT2D eigenvalue weighted by molar-refractivity contribution is 7.98. The van der Waals surface area contributed by atoms with E-state index in [4.69, 9.17) is 0 Å². The van der Waals surface area contributed by atoms with E-state index < -0.39 is 0 Å². The predicted molar refractivity (Wildman–Crippen MR) is 98.2 cm³/mol. The average Bonchev–Trinajstić information content (AvgIpc) is 2.60. The van der Waals surface area contributed by atoms with Gasteiger partial charge in [-0.3, -0.25) is 4.90 Å². The number of rotatable bonds is 4.